The number of nitrogen functional groups attached to an aromatic ring is 1. The smallest absolute Gasteiger partial charge is 0.142 e. The average molecular weight is 247 g/mol. The molecule has 2 rings (SSSR count). The molecule has 4 nitrogen and oxygen atoms in total. The van der Waals surface area contributed by atoms with Gasteiger partial charge < -0.3 is 10.5 Å². The van der Waals surface area contributed by atoms with Crippen LogP contribution < -0.4 is 10.5 Å². The van der Waals surface area contributed by atoms with Gasteiger partial charge in [-0.05, 0) is 12.1 Å². The summed E-state index contributed by atoms with van der Waals surface area (Å²) in [5.74, 6) is 1.54. The third-order valence-corrected chi connectivity index (χ3v) is 2.93. The number of rotatable bonds is 5. The van der Waals surface area contributed by atoms with E-state index in [2.05, 4.69) is 9.97 Å². The zero-order valence-electron chi connectivity index (χ0n) is 9.24. The SMILES string of the molecule is Nc1ccccc1OCCSc1cnccn1. The van der Waals surface area contributed by atoms with E-state index in [-0.39, 0.29) is 0 Å². The number of nitrogens with zero attached hydrogens (tertiary/aromatic N) is 2. The Kier molecular flexibility index (Phi) is 4.21. The zero-order chi connectivity index (χ0) is 11.9. The predicted molar refractivity (Wildman–Crippen MR) is 69.1 cm³/mol. The van der Waals surface area contributed by atoms with Crippen LogP contribution in [0.25, 0.3) is 0 Å². The van der Waals surface area contributed by atoms with Crippen molar-refractivity contribution in [3.8, 4) is 5.75 Å². The zero-order valence-corrected chi connectivity index (χ0v) is 10.1. The van der Waals surface area contributed by atoms with Crippen molar-refractivity contribution in [1.82, 2.24) is 9.97 Å². The molecule has 0 radical (unpaired) electrons. The topological polar surface area (TPSA) is 61.0 Å². The average Bonchev–Trinajstić information content (AvgIpc) is 2.38. The van der Waals surface area contributed by atoms with Gasteiger partial charge in [-0.15, -0.1) is 11.8 Å². The summed E-state index contributed by atoms with van der Waals surface area (Å²) in [6, 6.07) is 7.48. The molecule has 0 amide bonds. The summed E-state index contributed by atoms with van der Waals surface area (Å²) in [7, 11) is 0. The van der Waals surface area contributed by atoms with Gasteiger partial charge in [0.1, 0.15) is 10.8 Å². The quantitative estimate of drug-likeness (QED) is 0.499. The number of hydrogen-bond donors (Lipinski definition) is 1. The molecule has 0 atom stereocenters. The number of nitrogens with two attached hydrogens (primary N) is 1. The Bertz CT molecular complexity index is 464. The molecule has 0 aliphatic carbocycles. The third-order valence-electron chi connectivity index (χ3n) is 2.05. The molecule has 1 aromatic heterocycles. The maximum atomic E-state index is 5.76. The molecule has 1 heterocycles. The third kappa shape index (κ3) is 3.64. The fourth-order valence-corrected chi connectivity index (χ4v) is 1.92. The van der Waals surface area contributed by atoms with E-state index in [1.54, 1.807) is 30.4 Å². The second-order valence-corrected chi connectivity index (χ2v) is 4.39. The maximum absolute atomic E-state index is 5.76. The highest BCUT2D eigenvalue weighted by atomic mass is 32.2. The van der Waals surface area contributed by atoms with Crippen LogP contribution in [0, 0.1) is 0 Å². The Morgan fingerprint density at radius 2 is 2.12 bits per heavy atom. The van der Waals surface area contributed by atoms with Gasteiger partial charge in [0.05, 0.1) is 18.5 Å². The van der Waals surface area contributed by atoms with Crippen molar-refractivity contribution in [1.29, 1.82) is 0 Å². The van der Waals surface area contributed by atoms with E-state index >= 15 is 0 Å². The van der Waals surface area contributed by atoms with Crippen LogP contribution in [0.1, 0.15) is 0 Å². The van der Waals surface area contributed by atoms with Crippen LogP contribution in [0.15, 0.2) is 47.9 Å². The van der Waals surface area contributed by atoms with Gasteiger partial charge in [0, 0.05) is 18.1 Å². The molecular weight excluding hydrogens is 234 g/mol. The van der Waals surface area contributed by atoms with Crippen molar-refractivity contribution in [2.24, 2.45) is 0 Å². The second kappa shape index (κ2) is 6.10. The monoisotopic (exact) mass is 247 g/mol. The summed E-state index contributed by atoms with van der Waals surface area (Å²) in [5.41, 5.74) is 6.42. The van der Waals surface area contributed by atoms with Gasteiger partial charge in [-0.25, -0.2) is 4.98 Å². The number of ether oxygens (including phenoxy) is 1. The summed E-state index contributed by atoms with van der Waals surface area (Å²) in [5, 5.41) is 0.900. The fourth-order valence-electron chi connectivity index (χ4n) is 1.27. The van der Waals surface area contributed by atoms with E-state index in [0.29, 0.717) is 12.3 Å². The minimum Gasteiger partial charge on any atom is -0.491 e. The minimum absolute atomic E-state index is 0.593. The molecule has 2 N–H and O–H groups in total. The number of anilines is 1. The lowest BCUT2D eigenvalue weighted by molar-refractivity contribution is 0.346. The Hall–Kier alpha value is -1.75. The molecule has 5 heteroatoms. The number of aromatic nitrogens is 2. The number of thioether (sulfide) groups is 1. The molecule has 17 heavy (non-hydrogen) atoms. The largest absolute Gasteiger partial charge is 0.491 e. The Labute approximate surface area is 104 Å². The molecule has 2 aromatic rings. The highest BCUT2D eigenvalue weighted by Gasteiger charge is 1.99. The van der Waals surface area contributed by atoms with Crippen molar-refractivity contribution >= 4 is 17.4 Å². The maximum Gasteiger partial charge on any atom is 0.142 e. The van der Waals surface area contributed by atoms with Crippen molar-refractivity contribution in [2.45, 2.75) is 5.03 Å². The van der Waals surface area contributed by atoms with Gasteiger partial charge in [0.25, 0.3) is 0 Å². The molecular formula is C12H13N3OS. The lowest BCUT2D eigenvalue weighted by atomic mass is 10.3. The molecule has 0 aliphatic heterocycles. The summed E-state index contributed by atoms with van der Waals surface area (Å²) >= 11 is 1.61. The molecule has 1 aromatic carbocycles. The molecule has 0 fully saturated rings. The van der Waals surface area contributed by atoms with Gasteiger partial charge in [-0.3, -0.25) is 4.98 Å². The Morgan fingerprint density at radius 3 is 2.88 bits per heavy atom. The van der Waals surface area contributed by atoms with E-state index in [0.717, 1.165) is 16.5 Å². The number of para-hydroxylation sites is 2. The first-order valence-corrected chi connectivity index (χ1v) is 6.21. The van der Waals surface area contributed by atoms with Crippen molar-refractivity contribution in [3.05, 3.63) is 42.9 Å². The predicted octanol–water partition coefficient (Wildman–Crippen LogP) is 2.23. The first kappa shape index (κ1) is 11.7. The van der Waals surface area contributed by atoms with E-state index in [1.165, 1.54) is 0 Å². The number of hydrogen-bond acceptors (Lipinski definition) is 5. The summed E-state index contributed by atoms with van der Waals surface area (Å²) in [6.45, 7) is 0.593. The van der Waals surface area contributed by atoms with E-state index in [9.17, 15) is 0 Å². The van der Waals surface area contributed by atoms with E-state index in [4.69, 9.17) is 10.5 Å². The summed E-state index contributed by atoms with van der Waals surface area (Å²) in [4.78, 5) is 8.15. The minimum atomic E-state index is 0.593. The molecule has 0 saturated carbocycles. The van der Waals surface area contributed by atoms with Crippen molar-refractivity contribution in [3.63, 3.8) is 0 Å². The van der Waals surface area contributed by atoms with E-state index in [1.807, 2.05) is 24.3 Å². The van der Waals surface area contributed by atoms with Gasteiger partial charge in [-0.1, -0.05) is 12.1 Å². The van der Waals surface area contributed by atoms with Crippen LogP contribution in [0.4, 0.5) is 5.69 Å². The van der Waals surface area contributed by atoms with Crippen LogP contribution in [0.3, 0.4) is 0 Å². The summed E-state index contributed by atoms with van der Waals surface area (Å²) in [6.07, 6.45) is 5.07. The van der Waals surface area contributed by atoms with Crippen LogP contribution in [-0.2, 0) is 0 Å². The Balaban J connectivity index is 1.76. The molecule has 0 aliphatic rings. The van der Waals surface area contributed by atoms with Crippen molar-refractivity contribution in [2.75, 3.05) is 18.1 Å². The first-order chi connectivity index (χ1) is 8.36. The fraction of sp³-hybridized carbons (Fsp3) is 0.167. The van der Waals surface area contributed by atoms with Gasteiger partial charge >= 0.3 is 0 Å². The lowest BCUT2D eigenvalue weighted by Crippen LogP contribution is -2.02. The molecule has 0 unspecified atom stereocenters. The van der Waals surface area contributed by atoms with Gasteiger partial charge in [0.2, 0.25) is 0 Å². The highest BCUT2D eigenvalue weighted by molar-refractivity contribution is 7.99. The van der Waals surface area contributed by atoms with Gasteiger partial charge in [-0.2, -0.15) is 0 Å². The lowest BCUT2D eigenvalue weighted by Gasteiger charge is -2.07. The highest BCUT2D eigenvalue weighted by Crippen LogP contribution is 2.20. The second-order valence-electron chi connectivity index (χ2n) is 3.28. The molecule has 88 valence electrons. The van der Waals surface area contributed by atoms with Crippen LogP contribution in [-0.4, -0.2) is 22.3 Å². The number of benzene rings is 1. The molecule has 0 spiro atoms. The molecule has 0 bridgehead atoms. The van der Waals surface area contributed by atoms with Gasteiger partial charge in [0.15, 0.2) is 0 Å². The van der Waals surface area contributed by atoms with Crippen molar-refractivity contribution < 1.29 is 4.74 Å². The van der Waals surface area contributed by atoms with Crippen LogP contribution in [0.5, 0.6) is 5.75 Å². The normalized spacial score (nSPS) is 10.1. The molecule has 0 saturated heterocycles. The standard InChI is InChI=1S/C12H13N3OS/c13-10-3-1-2-4-11(10)16-7-8-17-12-9-14-5-6-15-12/h1-6,9H,7-8,13H2. The van der Waals surface area contributed by atoms with Crippen LogP contribution >= 0.6 is 11.8 Å². The van der Waals surface area contributed by atoms with Crippen LogP contribution in [0.2, 0.25) is 0 Å². The Morgan fingerprint density at radius 1 is 1.24 bits per heavy atom. The van der Waals surface area contributed by atoms with E-state index < -0.39 is 0 Å². The summed E-state index contributed by atoms with van der Waals surface area (Å²) < 4.78 is 5.56. The first-order valence-electron chi connectivity index (χ1n) is 5.22.